The third-order valence-electron chi connectivity index (χ3n) is 5.11. The molecule has 4 rings (SSSR count). The van der Waals surface area contributed by atoms with Crippen LogP contribution >= 0.6 is 15.9 Å². The highest BCUT2D eigenvalue weighted by molar-refractivity contribution is 9.10. The Balaban J connectivity index is 1.89. The molecular formula is C21H13BrF5NO2S. The van der Waals surface area contributed by atoms with Crippen LogP contribution in [0.5, 0.6) is 0 Å². The van der Waals surface area contributed by atoms with Gasteiger partial charge in [-0.25, -0.2) is 30.4 Å². The van der Waals surface area contributed by atoms with E-state index in [0.29, 0.717) is 10.0 Å². The molecule has 10 heteroatoms. The van der Waals surface area contributed by atoms with Crippen LogP contribution < -0.4 is 0 Å². The molecule has 3 aromatic rings. The molecule has 1 saturated heterocycles. The van der Waals surface area contributed by atoms with Crippen molar-refractivity contribution in [1.82, 2.24) is 4.31 Å². The maximum atomic E-state index is 14.5. The number of hydrogen-bond donors (Lipinski definition) is 0. The van der Waals surface area contributed by atoms with Crippen molar-refractivity contribution in [3.05, 3.63) is 98.8 Å². The van der Waals surface area contributed by atoms with Crippen LogP contribution in [0, 0.1) is 36.0 Å². The number of halogens is 6. The molecule has 0 aromatic heterocycles. The molecule has 3 aromatic carbocycles. The van der Waals surface area contributed by atoms with Crippen LogP contribution in [-0.2, 0) is 10.0 Å². The molecule has 0 radical (unpaired) electrons. The Labute approximate surface area is 183 Å². The molecule has 3 atom stereocenters. The lowest BCUT2D eigenvalue weighted by molar-refractivity contribution is 0.368. The Morgan fingerprint density at radius 2 is 1.23 bits per heavy atom. The summed E-state index contributed by atoms with van der Waals surface area (Å²) < 4.78 is 98.0. The van der Waals surface area contributed by atoms with Crippen LogP contribution in [0.25, 0.3) is 0 Å². The Morgan fingerprint density at radius 3 is 1.74 bits per heavy atom. The van der Waals surface area contributed by atoms with Crippen molar-refractivity contribution in [3.8, 4) is 0 Å². The fourth-order valence-electron chi connectivity index (χ4n) is 3.50. The molecule has 0 bridgehead atoms. The SMILES string of the molecule is Cc1ccc(S(=O)(=O)N2[C@H](c3ccc(Br)cc3)[C@H]2c2c(F)c(F)c(F)c(F)c2F)cc1. The van der Waals surface area contributed by atoms with Crippen molar-refractivity contribution in [2.24, 2.45) is 0 Å². The van der Waals surface area contributed by atoms with Gasteiger partial charge in [-0.3, -0.25) is 0 Å². The summed E-state index contributed by atoms with van der Waals surface area (Å²) in [6.07, 6.45) is 0. The van der Waals surface area contributed by atoms with E-state index in [1.807, 2.05) is 0 Å². The first kappa shape index (κ1) is 21.9. The summed E-state index contributed by atoms with van der Waals surface area (Å²) in [6, 6.07) is 9.16. The largest absolute Gasteiger partial charge is 0.244 e. The van der Waals surface area contributed by atoms with Gasteiger partial charge in [0.1, 0.15) is 0 Å². The Bertz CT molecular complexity index is 1250. The average Bonchev–Trinajstić information content (AvgIpc) is 3.48. The van der Waals surface area contributed by atoms with E-state index in [2.05, 4.69) is 15.9 Å². The van der Waals surface area contributed by atoms with Gasteiger partial charge in [-0.2, -0.15) is 4.31 Å². The first-order valence-electron chi connectivity index (χ1n) is 8.92. The smallest absolute Gasteiger partial charge is 0.207 e. The number of sulfonamides is 1. The van der Waals surface area contributed by atoms with Crippen LogP contribution in [0.1, 0.15) is 28.8 Å². The predicted octanol–water partition coefficient (Wildman–Crippen LogP) is 5.94. The average molecular weight is 518 g/mol. The lowest BCUT2D eigenvalue weighted by Gasteiger charge is -2.09. The van der Waals surface area contributed by atoms with Gasteiger partial charge in [-0.05, 0) is 36.8 Å². The van der Waals surface area contributed by atoms with E-state index < -0.39 is 56.8 Å². The number of nitrogens with zero attached hydrogens (tertiary/aromatic N) is 1. The molecule has 0 N–H and O–H groups in total. The maximum Gasteiger partial charge on any atom is 0.244 e. The van der Waals surface area contributed by atoms with Crippen molar-refractivity contribution in [1.29, 1.82) is 0 Å². The summed E-state index contributed by atoms with van der Waals surface area (Å²) in [5.41, 5.74) is -0.0571. The maximum absolute atomic E-state index is 14.5. The highest BCUT2D eigenvalue weighted by atomic mass is 79.9. The van der Waals surface area contributed by atoms with Crippen molar-refractivity contribution in [2.45, 2.75) is 23.9 Å². The number of aryl methyl sites for hydroxylation is 1. The first-order valence-corrected chi connectivity index (χ1v) is 11.2. The van der Waals surface area contributed by atoms with Gasteiger partial charge < -0.3 is 0 Å². The summed E-state index contributed by atoms with van der Waals surface area (Å²) in [4.78, 5) is -0.161. The zero-order chi connectivity index (χ0) is 22.7. The van der Waals surface area contributed by atoms with E-state index in [1.54, 1.807) is 31.2 Å². The molecule has 31 heavy (non-hydrogen) atoms. The van der Waals surface area contributed by atoms with Crippen molar-refractivity contribution < 1.29 is 30.4 Å². The highest BCUT2D eigenvalue weighted by Gasteiger charge is 2.59. The summed E-state index contributed by atoms with van der Waals surface area (Å²) in [7, 11) is -4.31. The summed E-state index contributed by atoms with van der Waals surface area (Å²) in [6.45, 7) is 1.75. The van der Waals surface area contributed by atoms with Gasteiger partial charge in [0.25, 0.3) is 0 Å². The van der Waals surface area contributed by atoms with Crippen LogP contribution in [0.15, 0.2) is 57.9 Å². The second kappa shape index (κ2) is 7.68. The highest BCUT2D eigenvalue weighted by Crippen LogP contribution is 2.59. The van der Waals surface area contributed by atoms with Gasteiger partial charge in [0.15, 0.2) is 23.3 Å². The van der Waals surface area contributed by atoms with E-state index >= 15 is 0 Å². The molecule has 1 aliphatic heterocycles. The van der Waals surface area contributed by atoms with Gasteiger partial charge in [0, 0.05) is 4.47 Å². The zero-order valence-electron chi connectivity index (χ0n) is 15.7. The summed E-state index contributed by atoms with van der Waals surface area (Å²) in [5.74, 6) is -10.6. The molecule has 162 valence electrons. The monoisotopic (exact) mass is 517 g/mol. The molecule has 3 nitrogen and oxygen atoms in total. The van der Waals surface area contributed by atoms with Crippen molar-refractivity contribution in [2.75, 3.05) is 0 Å². The van der Waals surface area contributed by atoms with Gasteiger partial charge in [-0.15, -0.1) is 0 Å². The van der Waals surface area contributed by atoms with Crippen LogP contribution in [0.3, 0.4) is 0 Å². The van der Waals surface area contributed by atoms with Crippen LogP contribution in [0.2, 0.25) is 0 Å². The fourth-order valence-corrected chi connectivity index (χ4v) is 5.49. The van der Waals surface area contributed by atoms with Crippen LogP contribution in [0.4, 0.5) is 22.0 Å². The van der Waals surface area contributed by atoms with E-state index in [-0.39, 0.29) is 4.90 Å². The van der Waals surface area contributed by atoms with E-state index in [9.17, 15) is 30.4 Å². The molecule has 1 unspecified atom stereocenters. The molecular weight excluding hydrogens is 505 g/mol. The lowest BCUT2D eigenvalue weighted by Crippen LogP contribution is -2.15. The molecule has 1 fully saturated rings. The Morgan fingerprint density at radius 1 is 0.742 bits per heavy atom. The lowest BCUT2D eigenvalue weighted by atomic mass is 10.0. The first-order chi connectivity index (χ1) is 14.6. The van der Waals surface area contributed by atoms with E-state index in [4.69, 9.17) is 0 Å². The minimum Gasteiger partial charge on any atom is -0.207 e. The molecule has 0 amide bonds. The third kappa shape index (κ3) is 3.56. The summed E-state index contributed by atoms with van der Waals surface area (Å²) in [5, 5.41) is 0. The number of benzene rings is 3. The van der Waals surface area contributed by atoms with Gasteiger partial charge in [0.2, 0.25) is 15.8 Å². The quantitative estimate of drug-likeness (QED) is 0.186. The third-order valence-corrected chi connectivity index (χ3v) is 7.51. The van der Waals surface area contributed by atoms with Gasteiger partial charge in [-0.1, -0.05) is 45.8 Å². The minimum atomic E-state index is -4.31. The van der Waals surface area contributed by atoms with Crippen LogP contribution in [-0.4, -0.2) is 12.7 Å². The second-order valence-electron chi connectivity index (χ2n) is 7.07. The predicted molar refractivity (Wildman–Crippen MR) is 106 cm³/mol. The van der Waals surface area contributed by atoms with E-state index in [1.165, 1.54) is 24.3 Å². The molecule has 0 saturated carbocycles. The second-order valence-corrected chi connectivity index (χ2v) is 9.83. The number of hydrogen-bond acceptors (Lipinski definition) is 2. The Hall–Kier alpha value is -2.30. The molecule has 0 spiro atoms. The van der Waals surface area contributed by atoms with E-state index in [0.717, 1.165) is 9.87 Å². The topological polar surface area (TPSA) is 37.1 Å². The fraction of sp³-hybridized carbons (Fsp3) is 0.143. The normalized spacial score (nSPS) is 20.7. The van der Waals surface area contributed by atoms with Crippen molar-refractivity contribution in [3.63, 3.8) is 0 Å². The Kier molecular flexibility index (Phi) is 5.43. The minimum absolute atomic E-state index is 0.161. The molecule has 1 aliphatic rings. The van der Waals surface area contributed by atoms with Gasteiger partial charge >= 0.3 is 0 Å². The standard InChI is InChI=1S/C21H13BrF5NO2S/c1-10-2-8-13(9-3-10)31(29,30)28-20(11-4-6-12(22)7-5-11)21(28)14-15(23)17(25)19(27)18(26)16(14)24/h2-9,20-21H,1H3/t20-,21-,28?/m1/s1. The van der Waals surface area contributed by atoms with Gasteiger partial charge in [0.05, 0.1) is 22.5 Å². The number of rotatable bonds is 4. The zero-order valence-corrected chi connectivity index (χ0v) is 18.1. The molecule has 0 aliphatic carbocycles. The van der Waals surface area contributed by atoms with Crippen molar-refractivity contribution >= 4 is 26.0 Å². The summed E-state index contributed by atoms with van der Waals surface area (Å²) >= 11 is 3.23. The molecule has 1 heterocycles.